The third kappa shape index (κ3) is 2.23. The first-order chi connectivity index (χ1) is 7.79. The Hall–Kier alpha value is -1.81. The number of hydrogen-bond acceptors (Lipinski definition) is 2. The maximum Gasteiger partial charge on any atom is 0.229 e. The number of nitrogens with zero attached hydrogens (tertiary/aromatic N) is 1. The van der Waals surface area contributed by atoms with E-state index in [0.29, 0.717) is 11.4 Å². The molecule has 2 aromatic rings. The SMILES string of the molecule is O=[SH](=O)N(c1c[c]ccc1)c1ccccc1. The molecule has 0 fully saturated rings. The van der Waals surface area contributed by atoms with E-state index in [1.807, 2.05) is 6.07 Å². The lowest BCUT2D eigenvalue weighted by Gasteiger charge is -2.17. The van der Waals surface area contributed by atoms with Gasteiger partial charge in [0.2, 0.25) is 10.9 Å². The van der Waals surface area contributed by atoms with Crippen LogP contribution in [0.4, 0.5) is 11.4 Å². The predicted octanol–water partition coefficient (Wildman–Crippen LogP) is 2.15. The third-order valence-corrected chi connectivity index (χ3v) is 2.89. The van der Waals surface area contributed by atoms with Gasteiger partial charge in [0.05, 0.1) is 11.4 Å². The van der Waals surface area contributed by atoms with Gasteiger partial charge in [-0.3, -0.25) is 0 Å². The van der Waals surface area contributed by atoms with Gasteiger partial charge in [0.25, 0.3) is 0 Å². The average molecular weight is 232 g/mol. The summed E-state index contributed by atoms with van der Waals surface area (Å²) in [5.74, 6) is 0. The van der Waals surface area contributed by atoms with Crippen molar-refractivity contribution in [1.29, 1.82) is 0 Å². The molecule has 0 unspecified atom stereocenters. The maximum absolute atomic E-state index is 11.2. The van der Waals surface area contributed by atoms with Crippen molar-refractivity contribution < 1.29 is 8.42 Å². The largest absolute Gasteiger partial charge is 0.241 e. The van der Waals surface area contributed by atoms with Crippen molar-refractivity contribution in [2.45, 2.75) is 0 Å². The Morgan fingerprint density at radius 3 is 2.19 bits per heavy atom. The maximum atomic E-state index is 11.2. The van der Waals surface area contributed by atoms with E-state index in [1.54, 1.807) is 48.5 Å². The number of thiol groups is 1. The molecule has 0 spiro atoms. The highest BCUT2D eigenvalue weighted by Gasteiger charge is 2.09. The van der Waals surface area contributed by atoms with Crippen molar-refractivity contribution in [3.8, 4) is 0 Å². The lowest BCUT2D eigenvalue weighted by atomic mass is 10.3. The van der Waals surface area contributed by atoms with E-state index in [-0.39, 0.29) is 0 Å². The van der Waals surface area contributed by atoms with Crippen LogP contribution in [0.3, 0.4) is 0 Å². The molecule has 2 aromatic carbocycles. The van der Waals surface area contributed by atoms with Gasteiger partial charge in [-0.15, -0.1) is 0 Å². The second kappa shape index (κ2) is 4.81. The predicted molar refractivity (Wildman–Crippen MR) is 64.2 cm³/mol. The molecule has 4 heteroatoms. The van der Waals surface area contributed by atoms with Gasteiger partial charge in [-0.25, -0.2) is 12.7 Å². The number of para-hydroxylation sites is 1. The summed E-state index contributed by atoms with van der Waals surface area (Å²) < 4.78 is 23.8. The summed E-state index contributed by atoms with van der Waals surface area (Å²) in [4.78, 5) is 0. The molecule has 0 saturated heterocycles. The highest BCUT2D eigenvalue weighted by atomic mass is 32.2. The number of benzene rings is 2. The minimum Gasteiger partial charge on any atom is -0.241 e. The Morgan fingerprint density at radius 2 is 1.62 bits per heavy atom. The summed E-state index contributed by atoms with van der Waals surface area (Å²) in [5.41, 5.74) is 1.21. The lowest BCUT2D eigenvalue weighted by molar-refractivity contribution is 0.614. The number of anilines is 2. The van der Waals surface area contributed by atoms with Crippen LogP contribution in [0.2, 0.25) is 0 Å². The van der Waals surface area contributed by atoms with Crippen LogP contribution in [-0.4, -0.2) is 8.42 Å². The molecule has 0 heterocycles. The van der Waals surface area contributed by atoms with Gasteiger partial charge in [0.1, 0.15) is 0 Å². The van der Waals surface area contributed by atoms with Gasteiger partial charge in [-0.2, -0.15) is 0 Å². The summed E-state index contributed by atoms with van der Waals surface area (Å²) in [7, 11) is -2.70. The number of rotatable bonds is 3. The fourth-order valence-corrected chi connectivity index (χ4v) is 2.06. The Labute approximate surface area is 96.0 Å². The van der Waals surface area contributed by atoms with Crippen LogP contribution in [0.5, 0.6) is 0 Å². The number of hydrogen-bond donors (Lipinski definition) is 1. The Morgan fingerprint density at radius 1 is 0.938 bits per heavy atom. The summed E-state index contributed by atoms with van der Waals surface area (Å²) in [5, 5.41) is 0. The fourth-order valence-electron chi connectivity index (χ4n) is 1.42. The zero-order valence-corrected chi connectivity index (χ0v) is 9.30. The monoisotopic (exact) mass is 232 g/mol. The first-order valence-corrected chi connectivity index (χ1v) is 5.87. The molecule has 81 valence electrons. The molecule has 0 bridgehead atoms. The molecule has 0 aliphatic rings. The van der Waals surface area contributed by atoms with Gasteiger partial charge in [-0.05, 0) is 30.3 Å². The van der Waals surface area contributed by atoms with Gasteiger partial charge < -0.3 is 0 Å². The summed E-state index contributed by atoms with van der Waals surface area (Å²) >= 11 is 0. The first-order valence-electron chi connectivity index (χ1n) is 4.74. The highest BCUT2D eigenvalue weighted by Crippen LogP contribution is 2.24. The molecule has 0 aliphatic heterocycles. The molecule has 0 amide bonds. The zero-order chi connectivity index (χ0) is 11.4. The van der Waals surface area contributed by atoms with E-state index < -0.39 is 10.9 Å². The van der Waals surface area contributed by atoms with Crippen molar-refractivity contribution in [1.82, 2.24) is 0 Å². The van der Waals surface area contributed by atoms with Crippen LogP contribution in [0.15, 0.2) is 54.6 Å². The third-order valence-electron chi connectivity index (χ3n) is 2.10. The van der Waals surface area contributed by atoms with Crippen molar-refractivity contribution in [2.75, 3.05) is 4.31 Å². The molecule has 16 heavy (non-hydrogen) atoms. The Balaban J connectivity index is 2.48. The topological polar surface area (TPSA) is 37.4 Å². The van der Waals surface area contributed by atoms with E-state index in [0.717, 1.165) is 0 Å². The Bertz CT molecular complexity index is 476. The van der Waals surface area contributed by atoms with Crippen molar-refractivity contribution in [3.05, 3.63) is 60.7 Å². The molecule has 1 radical (unpaired) electrons. The zero-order valence-electron chi connectivity index (χ0n) is 8.41. The van der Waals surface area contributed by atoms with E-state index in [2.05, 4.69) is 6.07 Å². The van der Waals surface area contributed by atoms with Crippen molar-refractivity contribution in [3.63, 3.8) is 0 Å². The van der Waals surface area contributed by atoms with Crippen molar-refractivity contribution in [2.24, 2.45) is 0 Å². The molecule has 3 nitrogen and oxygen atoms in total. The van der Waals surface area contributed by atoms with E-state index >= 15 is 0 Å². The van der Waals surface area contributed by atoms with Gasteiger partial charge in [0.15, 0.2) is 0 Å². The first kappa shape index (κ1) is 10.7. The molecular weight excluding hydrogens is 222 g/mol. The van der Waals surface area contributed by atoms with Crippen LogP contribution < -0.4 is 4.31 Å². The van der Waals surface area contributed by atoms with Crippen LogP contribution >= 0.6 is 0 Å². The van der Waals surface area contributed by atoms with E-state index in [4.69, 9.17) is 0 Å². The fraction of sp³-hybridized carbons (Fsp3) is 0. The van der Waals surface area contributed by atoms with Gasteiger partial charge >= 0.3 is 0 Å². The van der Waals surface area contributed by atoms with Gasteiger partial charge in [-0.1, -0.05) is 30.3 Å². The van der Waals surface area contributed by atoms with Gasteiger partial charge in [0, 0.05) is 0 Å². The summed E-state index contributed by atoms with van der Waals surface area (Å²) in [6.07, 6.45) is 0. The van der Waals surface area contributed by atoms with Crippen LogP contribution in [0, 0.1) is 6.07 Å². The van der Waals surface area contributed by atoms with E-state index in [1.165, 1.54) is 4.31 Å². The minimum atomic E-state index is -2.70. The molecule has 0 saturated carbocycles. The minimum absolute atomic E-state index is 0.588. The highest BCUT2D eigenvalue weighted by molar-refractivity contribution is 7.74. The summed E-state index contributed by atoms with van der Waals surface area (Å²) in [6.45, 7) is 0. The van der Waals surface area contributed by atoms with Crippen LogP contribution in [0.1, 0.15) is 0 Å². The quantitative estimate of drug-likeness (QED) is 0.823. The second-order valence-corrected chi connectivity index (χ2v) is 4.02. The molecule has 2 rings (SSSR count). The molecule has 0 aromatic heterocycles. The summed E-state index contributed by atoms with van der Waals surface area (Å²) in [6, 6.07) is 18.6. The molecular formula is C12H10NO2S. The standard InChI is InChI=1S/C12H10NO2S/c14-16(15)13(11-7-3-1-4-8-11)12-9-5-2-6-10-12/h1-5,7-10,16H. The Kier molecular flexibility index (Phi) is 3.22. The normalized spacial score (nSPS) is 10.3. The van der Waals surface area contributed by atoms with Crippen LogP contribution in [-0.2, 0) is 10.9 Å². The average Bonchev–Trinajstić information content (AvgIpc) is 2.31. The molecule has 0 N–H and O–H groups in total. The van der Waals surface area contributed by atoms with Crippen LogP contribution in [0.25, 0.3) is 0 Å². The molecule has 0 atom stereocenters. The lowest BCUT2D eigenvalue weighted by Crippen LogP contribution is -2.13. The van der Waals surface area contributed by atoms with E-state index in [9.17, 15) is 8.42 Å². The smallest absolute Gasteiger partial charge is 0.229 e. The molecule has 0 aliphatic carbocycles. The van der Waals surface area contributed by atoms with Crippen molar-refractivity contribution >= 4 is 22.3 Å². The second-order valence-electron chi connectivity index (χ2n) is 3.15.